The predicted octanol–water partition coefficient (Wildman–Crippen LogP) is 5.15. The van der Waals surface area contributed by atoms with E-state index in [-0.39, 0.29) is 46.3 Å². The zero-order valence-electron chi connectivity index (χ0n) is 33.2. The monoisotopic (exact) mass is 805 g/mol. The second kappa shape index (κ2) is 15.6. The van der Waals surface area contributed by atoms with Crippen molar-refractivity contribution in [2.24, 2.45) is 17.8 Å². The van der Waals surface area contributed by atoms with Gasteiger partial charge in [-0.2, -0.15) is 0 Å². The van der Waals surface area contributed by atoms with E-state index in [2.05, 4.69) is 50.9 Å². The van der Waals surface area contributed by atoms with Gasteiger partial charge in [-0.3, -0.25) is 24.1 Å². The normalized spacial score (nSPS) is 35.5. The average molecular weight is 807 g/mol. The number of ether oxygens (including phenoxy) is 1. The fourth-order valence-corrected chi connectivity index (χ4v) is 12.6. The minimum absolute atomic E-state index is 0.0146. The molecule has 6 aliphatic rings. The minimum atomic E-state index is -2.99. The van der Waals surface area contributed by atoms with Gasteiger partial charge >= 0.3 is 0 Å². The molecular formula is C44H60ClN5O5S. The van der Waals surface area contributed by atoms with E-state index in [1.165, 1.54) is 17.2 Å². The molecule has 2 N–H and O–H groups in total. The van der Waals surface area contributed by atoms with Gasteiger partial charge in [-0.1, -0.05) is 37.6 Å². The summed E-state index contributed by atoms with van der Waals surface area (Å²) in [5.74, 6) is 4.76. The second-order valence-electron chi connectivity index (χ2n) is 18.0. The number of nitrogens with one attached hydrogen (secondary N) is 1. The molecule has 3 fully saturated rings. The molecule has 8 rings (SSSR count). The molecule has 12 heteroatoms. The zero-order valence-corrected chi connectivity index (χ0v) is 34.8. The summed E-state index contributed by atoms with van der Waals surface area (Å²) >= 11 is 6.52. The number of hydrogen-bond donors (Lipinski definition) is 2. The van der Waals surface area contributed by atoms with E-state index in [1.807, 2.05) is 30.0 Å². The van der Waals surface area contributed by atoms with E-state index >= 15 is 0 Å². The van der Waals surface area contributed by atoms with Gasteiger partial charge in [-0.15, -0.1) is 0 Å². The highest BCUT2D eigenvalue weighted by atomic mass is 35.5. The molecule has 0 aromatic heterocycles. The SMILES string of the molecule is C=CC(=O)N1CCN2CCN(C[C@]3(O)CCC[C@H](C)[C@@H](C)S(=C)(=O)NC(=O)c4ccc5c(c4)N(C[C@@H]4CC[C@H]43)C[C@@]3(CCCc4cc(Cl)ccc43)CO5)C[C@H]2C1. The molecule has 1 spiro atoms. The molecule has 2 saturated heterocycles. The third kappa shape index (κ3) is 7.63. The molecule has 2 aromatic carbocycles. The van der Waals surface area contributed by atoms with Crippen molar-refractivity contribution in [2.75, 3.05) is 70.4 Å². The highest BCUT2D eigenvalue weighted by Crippen LogP contribution is 2.49. The number of carbonyl (C=O) groups excluding carboxylic acids is 2. The minimum Gasteiger partial charge on any atom is -0.490 e. The van der Waals surface area contributed by atoms with E-state index in [9.17, 15) is 18.9 Å². The molecule has 2 aromatic rings. The summed E-state index contributed by atoms with van der Waals surface area (Å²) in [5.41, 5.74) is 2.65. The first-order valence-corrected chi connectivity index (χ1v) is 23.0. The lowest BCUT2D eigenvalue weighted by molar-refractivity contribution is -0.132. The van der Waals surface area contributed by atoms with Gasteiger partial charge in [0, 0.05) is 86.2 Å². The number of hydrogen-bond acceptors (Lipinski definition) is 8. The largest absolute Gasteiger partial charge is 0.490 e. The Morgan fingerprint density at radius 2 is 1.88 bits per heavy atom. The average Bonchev–Trinajstić information content (AvgIpc) is 3.31. The first-order valence-electron chi connectivity index (χ1n) is 20.9. The van der Waals surface area contributed by atoms with Crippen LogP contribution in [0.2, 0.25) is 5.02 Å². The van der Waals surface area contributed by atoms with Crippen LogP contribution in [0.4, 0.5) is 5.69 Å². The fraction of sp³-hybridized carbons (Fsp3) is 0.614. The van der Waals surface area contributed by atoms with Crippen LogP contribution in [0.25, 0.3) is 0 Å². The van der Waals surface area contributed by atoms with E-state index in [0.717, 1.165) is 101 Å². The van der Waals surface area contributed by atoms with E-state index in [4.69, 9.17) is 16.3 Å². The summed E-state index contributed by atoms with van der Waals surface area (Å²) in [6.45, 7) is 15.1. The lowest BCUT2D eigenvalue weighted by Crippen LogP contribution is -2.65. The number of β-amino-alcohol motifs (C(OH)–C–C–N with tert-alkyl or cyclic N) is 1. The Balaban J connectivity index is 1.13. The topological polar surface area (TPSA) is 106 Å². The van der Waals surface area contributed by atoms with Crippen molar-refractivity contribution in [2.45, 2.75) is 87.5 Å². The van der Waals surface area contributed by atoms with Crippen molar-refractivity contribution in [3.63, 3.8) is 0 Å². The Morgan fingerprint density at radius 1 is 1.05 bits per heavy atom. The molecule has 8 atom stereocenters. The van der Waals surface area contributed by atoms with Gasteiger partial charge in [0.05, 0.1) is 27.6 Å². The zero-order chi connectivity index (χ0) is 39.4. The summed E-state index contributed by atoms with van der Waals surface area (Å²) in [6.07, 6.45) is 8.56. The molecule has 4 aliphatic heterocycles. The maximum absolute atomic E-state index is 14.1. The highest BCUT2D eigenvalue weighted by Gasteiger charge is 2.50. The van der Waals surface area contributed by atoms with Crippen LogP contribution in [0.1, 0.15) is 80.3 Å². The quantitative estimate of drug-likeness (QED) is 0.325. The Hall–Kier alpha value is -3.09. The lowest BCUT2D eigenvalue weighted by Gasteiger charge is -2.53. The van der Waals surface area contributed by atoms with Crippen molar-refractivity contribution in [3.05, 3.63) is 70.8 Å². The first-order chi connectivity index (χ1) is 26.8. The molecule has 0 radical (unpaired) electrons. The summed E-state index contributed by atoms with van der Waals surface area (Å²) in [5, 5.41) is 13.5. The van der Waals surface area contributed by atoms with Gasteiger partial charge in [0.15, 0.2) is 0 Å². The second-order valence-corrected chi connectivity index (χ2v) is 20.8. The molecule has 1 saturated carbocycles. The van der Waals surface area contributed by atoms with Gasteiger partial charge in [0.2, 0.25) is 5.91 Å². The van der Waals surface area contributed by atoms with Crippen LogP contribution < -0.4 is 14.4 Å². The van der Waals surface area contributed by atoms with Crippen molar-refractivity contribution in [1.82, 2.24) is 19.4 Å². The van der Waals surface area contributed by atoms with Crippen LogP contribution in [0.3, 0.4) is 0 Å². The van der Waals surface area contributed by atoms with Gasteiger partial charge in [0.1, 0.15) is 5.75 Å². The highest BCUT2D eigenvalue weighted by molar-refractivity contribution is 7.99. The summed E-state index contributed by atoms with van der Waals surface area (Å²) in [4.78, 5) is 35.7. The van der Waals surface area contributed by atoms with Crippen molar-refractivity contribution >= 4 is 44.7 Å². The first kappa shape index (κ1) is 39.7. The maximum Gasteiger partial charge on any atom is 0.262 e. The number of amides is 2. The third-order valence-electron chi connectivity index (χ3n) is 14.6. The lowest BCUT2D eigenvalue weighted by atomic mass is 9.62. The number of piperazine rings is 2. The van der Waals surface area contributed by atoms with Gasteiger partial charge in [0.25, 0.3) is 5.91 Å². The molecule has 1 unspecified atom stereocenters. The molecule has 56 heavy (non-hydrogen) atoms. The van der Waals surface area contributed by atoms with Crippen molar-refractivity contribution in [1.29, 1.82) is 0 Å². The number of nitrogens with zero attached hydrogens (tertiary/aromatic N) is 4. The number of anilines is 1. The van der Waals surface area contributed by atoms with E-state index < -0.39 is 15.3 Å². The molecule has 10 nitrogen and oxygen atoms in total. The van der Waals surface area contributed by atoms with Crippen LogP contribution >= 0.6 is 11.6 Å². The predicted molar refractivity (Wildman–Crippen MR) is 225 cm³/mol. The number of carbonyl (C=O) groups is 2. The Bertz CT molecular complexity index is 1960. The Labute approximate surface area is 338 Å². The number of halogens is 1. The third-order valence-corrected chi connectivity index (χ3v) is 17.0. The standard InChI is InChI=1S/C44H60ClN5O5S/c1-5-41(51)49-21-20-48-19-18-47(25-36(48)26-49)28-44(53)17-6-8-30(2)31(3)56(4,54)46-42(52)33-11-15-40-39(23-33)50(24-34-10-13-38(34)44)27-43(29-55-40)16-7-9-32-22-35(45)12-14-37(32)43/h5,11-12,14-15,22-23,30-31,34,36,38,53H,1,4,6-10,13,16-21,24-29H2,2-3H3,(H,46,52,54)/t30-,31+,34-,36-,38+,43-,44+,56?/m0/s1. The molecule has 2 amide bonds. The Kier molecular flexibility index (Phi) is 11.1. The smallest absolute Gasteiger partial charge is 0.262 e. The van der Waals surface area contributed by atoms with Crippen molar-refractivity contribution in [3.8, 4) is 5.75 Å². The molecule has 304 valence electrons. The number of fused-ring (bicyclic) bond motifs is 5. The van der Waals surface area contributed by atoms with Gasteiger partial charge in [-0.05, 0) is 123 Å². The molecule has 2 aliphatic carbocycles. The van der Waals surface area contributed by atoms with Gasteiger partial charge < -0.3 is 19.6 Å². The number of aliphatic hydroxyl groups is 1. The summed E-state index contributed by atoms with van der Waals surface area (Å²) < 4.78 is 23.6. The maximum atomic E-state index is 14.1. The Morgan fingerprint density at radius 3 is 2.66 bits per heavy atom. The van der Waals surface area contributed by atoms with Crippen molar-refractivity contribution < 1.29 is 23.6 Å². The van der Waals surface area contributed by atoms with Crippen LogP contribution in [0, 0.1) is 17.8 Å². The van der Waals surface area contributed by atoms with E-state index in [0.29, 0.717) is 38.2 Å². The molecule has 2 bridgehead atoms. The van der Waals surface area contributed by atoms with Gasteiger partial charge in [-0.25, -0.2) is 4.21 Å². The number of benzene rings is 2. The van der Waals surface area contributed by atoms with Crippen LogP contribution in [0.5, 0.6) is 5.75 Å². The molecule has 4 heterocycles. The van der Waals surface area contributed by atoms with E-state index in [1.54, 1.807) is 6.07 Å². The fourth-order valence-electron chi connectivity index (χ4n) is 10.9. The summed E-state index contributed by atoms with van der Waals surface area (Å²) in [6, 6.07) is 12.1. The van der Waals surface area contributed by atoms with Crippen LogP contribution in [-0.2, 0) is 26.3 Å². The van der Waals surface area contributed by atoms with Crippen LogP contribution in [-0.4, -0.2) is 124 Å². The molecular weight excluding hydrogens is 746 g/mol. The summed E-state index contributed by atoms with van der Waals surface area (Å²) in [7, 11) is -2.99. The van der Waals surface area contributed by atoms with Crippen LogP contribution in [0.15, 0.2) is 49.1 Å². The number of rotatable bonds is 3. The number of aryl methyl sites for hydroxylation is 1.